The normalized spacial score (nSPS) is 10.1. The molecule has 0 atom stereocenters. The maximum absolute atomic E-state index is 12.0. The fourth-order valence-corrected chi connectivity index (χ4v) is 1.84. The number of rotatable bonds is 7. The van der Waals surface area contributed by atoms with E-state index in [0.29, 0.717) is 18.7 Å². The third kappa shape index (κ3) is 4.87. The largest absolute Gasteiger partial charge is 0.378 e. The van der Waals surface area contributed by atoms with Crippen LogP contribution in [0.2, 0.25) is 0 Å². The standard InChI is InChI=1S/C16H20N4O/c1-2-3-7-19-16(21)13-9-15(11-17-10-13)20-12-14-6-4-5-8-18-14/h4-6,8-11,20H,2-3,7,12H2,1H3,(H,19,21). The zero-order valence-corrected chi connectivity index (χ0v) is 12.2. The van der Waals surface area contributed by atoms with Gasteiger partial charge < -0.3 is 10.6 Å². The van der Waals surface area contributed by atoms with Crippen molar-refractivity contribution in [3.63, 3.8) is 0 Å². The average molecular weight is 284 g/mol. The molecule has 2 N–H and O–H groups in total. The van der Waals surface area contributed by atoms with Crippen molar-refractivity contribution in [1.29, 1.82) is 0 Å². The lowest BCUT2D eigenvalue weighted by molar-refractivity contribution is 0.0953. The molecule has 0 aliphatic heterocycles. The van der Waals surface area contributed by atoms with Gasteiger partial charge in [-0.15, -0.1) is 0 Å². The summed E-state index contributed by atoms with van der Waals surface area (Å²) in [6.45, 7) is 3.39. The number of nitrogens with zero attached hydrogens (tertiary/aromatic N) is 2. The molecule has 5 heteroatoms. The van der Waals surface area contributed by atoms with Crippen LogP contribution >= 0.6 is 0 Å². The summed E-state index contributed by atoms with van der Waals surface area (Å²) < 4.78 is 0. The summed E-state index contributed by atoms with van der Waals surface area (Å²) in [6.07, 6.45) is 7.08. The number of nitrogens with one attached hydrogen (secondary N) is 2. The highest BCUT2D eigenvalue weighted by Gasteiger charge is 2.06. The van der Waals surface area contributed by atoms with Crippen LogP contribution in [-0.2, 0) is 6.54 Å². The zero-order valence-electron chi connectivity index (χ0n) is 12.2. The average Bonchev–Trinajstić information content (AvgIpc) is 2.54. The van der Waals surface area contributed by atoms with Crippen molar-refractivity contribution < 1.29 is 4.79 Å². The Bertz CT molecular complexity index is 571. The summed E-state index contributed by atoms with van der Waals surface area (Å²) in [7, 11) is 0. The number of anilines is 1. The summed E-state index contributed by atoms with van der Waals surface area (Å²) in [5, 5.41) is 6.10. The lowest BCUT2D eigenvalue weighted by Crippen LogP contribution is -2.24. The number of pyridine rings is 2. The molecule has 0 aliphatic rings. The second-order valence-electron chi connectivity index (χ2n) is 4.75. The van der Waals surface area contributed by atoms with Gasteiger partial charge in [0, 0.05) is 25.1 Å². The number of carbonyl (C=O) groups is 1. The number of unbranched alkanes of at least 4 members (excludes halogenated alkanes) is 1. The second kappa shape index (κ2) is 7.99. The predicted molar refractivity (Wildman–Crippen MR) is 83.0 cm³/mol. The molecular formula is C16H20N4O. The highest BCUT2D eigenvalue weighted by molar-refractivity contribution is 5.94. The van der Waals surface area contributed by atoms with Gasteiger partial charge in [-0.1, -0.05) is 19.4 Å². The minimum absolute atomic E-state index is 0.0857. The Labute approximate surface area is 124 Å². The summed E-state index contributed by atoms with van der Waals surface area (Å²) in [5.74, 6) is -0.0857. The molecule has 21 heavy (non-hydrogen) atoms. The van der Waals surface area contributed by atoms with Crippen LogP contribution in [0.5, 0.6) is 0 Å². The van der Waals surface area contributed by atoms with Crippen LogP contribution in [0.25, 0.3) is 0 Å². The molecule has 2 rings (SSSR count). The van der Waals surface area contributed by atoms with Crippen LogP contribution in [-0.4, -0.2) is 22.4 Å². The van der Waals surface area contributed by atoms with E-state index in [4.69, 9.17) is 0 Å². The van der Waals surface area contributed by atoms with Gasteiger partial charge in [0.1, 0.15) is 0 Å². The second-order valence-corrected chi connectivity index (χ2v) is 4.75. The smallest absolute Gasteiger partial charge is 0.252 e. The molecule has 110 valence electrons. The van der Waals surface area contributed by atoms with E-state index in [-0.39, 0.29) is 5.91 Å². The van der Waals surface area contributed by atoms with Crippen LogP contribution < -0.4 is 10.6 Å². The predicted octanol–water partition coefficient (Wildman–Crippen LogP) is 2.62. The van der Waals surface area contributed by atoms with Gasteiger partial charge in [0.2, 0.25) is 0 Å². The molecule has 2 heterocycles. The molecule has 0 aliphatic carbocycles. The van der Waals surface area contributed by atoms with Crippen molar-refractivity contribution in [3.8, 4) is 0 Å². The first kappa shape index (κ1) is 15.0. The van der Waals surface area contributed by atoms with E-state index in [2.05, 4.69) is 27.5 Å². The Morgan fingerprint density at radius 1 is 1.29 bits per heavy atom. The van der Waals surface area contributed by atoms with Gasteiger partial charge in [0.05, 0.1) is 23.5 Å². The maximum atomic E-state index is 12.0. The zero-order chi connectivity index (χ0) is 14.9. The first-order valence-electron chi connectivity index (χ1n) is 7.16. The Balaban J connectivity index is 1.92. The number of aromatic nitrogens is 2. The third-order valence-electron chi connectivity index (χ3n) is 3.02. The molecule has 1 amide bonds. The summed E-state index contributed by atoms with van der Waals surface area (Å²) >= 11 is 0. The van der Waals surface area contributed by atoms with Crippen molar-refractivity contribution in [2.45, 2.75) is 26.3 Å². The quantitative estimate of drug-likeness (QED) is 0.767. The third-order valence-corrected chi connectivity index (χ3v) is 3.02. The van der Waals surface area contributed by atoms with Gasteiger partial charge in [-0.2, -0.15) is 0 Å². The van der Waals surface area contributed by atoms with Crippen LogP contribution in [0.4, 0.5) is 5.69 Å². The Morgan fingerprint density at radius 2 is 2.19 bits per heavy atom. The van der Waals surface area contributed by atoms with E-state index in [1.54, 1.807) is 24.7 Å². The SMILES string of the molecule is CCCCNC(=O)c1cncc(NCc2ccccn2)c1. The highest BCUT2D eigenvalue weighted by Crippen LogP contribution is 2.09. The number of hydrogen-bond donors (Lipinski definition) is 2. The number of amides is 1. The maximum Gasteiger partial charge on any atom is 0.252 e. The van der Waals surface area contributed by atoms with Crippen molar-refractivity contribution >= 4 is 11.6 Å². The lowest BCUT2D eigenvalue weighted by Gasteiger charge is -2.08. The van der Waals surface area contributed by atoms with Gasteiger partial charge in [0.15, 0.2) is 0 Å². The lowest BCUT2D eigenvalue weighted by atomic mass is 10.2. The molecule has 0 bridgehead atoms. The molecular weight excluding hydrogens is 264 g/mol. The van der Waals surface area contributed by atoms with Crippen molar-refractivity contribution in [3.05, 3.63) is 54.1 Å². The van der Waals surface area contributed by atoms with Crippen molar-refractivity contribution in [1.82, 2.24) is 15.3 Å². The molecule has 0 saturated carbocycles. The Morgan fingerprint density at radius 3 is 2.95 bits per heavy atom. The Kier molecular flexibility index (Phi) is 5.70. The highest BCUT2D eigenvalue weighted by atomic mass is 16.1. The van der Waals surface area contributed by atoms with Crippen molar-refractivity contribution in [2.75, 3.05) is 11.9 Å². The molecule has 2 aromatic heterocycles. The molecule has 2 aromatic rings. The van der Waals surface area contributed by atoms with Gasteiger partial charge in [-0.3, -0.25) is 14.8 Å². The van der Waals surface area contributed by atoms with E-state index in [1.165, 1.54) is 0 Å². The fraction of sp³-hybridized carbons (Fsp3) is 0.312. The van der Waals surface area contributed by atoms with Crippen LogP contribution in [0.3, 0.4) is 0 Å². The number of hydrogen-bond acceptors (Lipinski definition) is 4. The fourth-order valence-electron chi connectivity index (χ4n) is 1.84. The minimum Gasteiger partial charge on any atom is -0.378 e. The topological polar surface area (TPSA) is 66.9 Å². The summed E-state index contributed by atoms with van der Waals surface area (Å²) in [5.41, 5.74) is 2.32. The van der Waals surface area contributed by atoms with Gasteiger partial charge in [-0.25, -0.2) is 0 Å². The van der Waals surface area contributed by atoms with Gasteiger partial charge >= 0.3 is 0 Å². The molecule has 0 unspecified atom stereocenters. The van der Waals surface area contributed by atoms with E-state index in [0.717, 1.165) is 24.2 Å². The summed E-state index contributed by atoms with van der Waals surface area (Å²) in [4.78, 5) is 20.3. The monoisotopic (exact) mass is 284 g/mol. The number of carbonyl (C=O) groups excluding carboxylic acids is 1. The minimum atomic E-state index is -0.0857. The molecule has 0 radical (unpaired) electrons. The van der Waals surface area contributed by atoms with E-state index < -0.39 is 0 Å². The molecule has 0 fully saturated rings. The molecule has 5 nitrogen and oxygen atoms in total. The van der Waals surface area contributed by atoms with Gasteiger partial charge in [0.25, 0.3) is 5.91 Å². The first-order valence-corrected chi connectivity index (χ1v) is 7.16. The van der Waals surface area contributed by atoms with E-state index in [9.17, 15) is 4.79 Å². The Hall–Kier alpha value is -2.43. The van der Waals surface area contributed by atoms with Crippen LogP contribution in [0.15, 0.2) is 42.9 Å². The van der Waals surface area contributed by atoms with Crippen LogP contribution in [0, 0.1) is 0 Å². The molecule has 0 saturated heterocycles. The van der Waals surface area contributed by atoms with Gasteiger partial charge in [-0.05, 0) is 24.6 Å². The molecule has 0 spiro atoms. The molecule has 0 aromatic carbocycles. The van der Waals surface area contributed by atoms with E-state index >= 15 is 0 Å². The van der Waals surface area contributed by atoms with E-state index in [1.807, 2.05) is 18.2 Å². The first-order chi connectivity index (χ1) is 10.3. The van der Waals surface area contributed by atoms with Crippen LogP contribution in [0.1, 0.15) is 35.8 Å². The summed E-state index contributed by atoms with van der Waals surface area (Å²) in [6, 6.07) is 7.57. The van der Waals surface area contributed by atoms with Crippen molar-refractivity contribution in [2.24, 2.45) is 0 Å².